The second-order valence-electron chi connectivity index (χ2n) is 8.14. The summed E-state index contributed by atoms with van der Waals surface area (Å²) in [6.07, 6.45) is 10.3. The summed E-state index contributed by atoms with van der Waals surface area (Å²) in [7, 11) is 1.34. The number of allylic oxidation sites excluding steroid dienone is 2. The van der Waals surface area contributed by atoms with Crippen LogP contribution in [-0.4, -0.2) is 48.3 Å². The first-order chi connectivity index (χ1) is 15.1. The first kappa shape index (κ1) is 21.4. The van der Waals surface area contributed by atoms with Crippen molar-refractivity contribution in [3.8, 4) is 0 Å². The minimum atomic E-state index is -0.499. The Labute approximate surface area is 182 Å². The lowest BCUT2D eigenvalue weighted by Gasteiger charge is -2.18. The molecule has 0 spiro atoms. The summed E-state index contributed by atoms with van der Waals surface area (Å²) in [6, 6.07) is 1.96. The van der Waals surface area contributed by atoms with E-state index in [1.807, 2.05) is 13.0 Å². The van der Waals surface area contributed by atoms with Crippen LogP contribution in [0.5, 0.6) is 0 Å². The number of aromatic nitrogens is 2. The Morgan fingerprint density at radius 3 is 2.87 bits per heavy atom. The van der Waals surface area contributed by atoms with Gasteiger partial charge in [0.1, 0.15) is 5.65 Å². The summed E-state index contributed by atoms with van der Waals surface area (Å²) < 4.78 is 12.2. The highest BCUT2D eigenvalue weighted by Gasteiger charge is 2.29. The van der Waals surface area contributed by atoms with E-state index in [0.29, 0.717) is 49.1 Å². The fourth-order valence-corrected chi connectivity index (χ4v) is 4.34. The quantitative estimate of drug-likeness (QED) is 0.519. The Kier molecular flexibility index (Phi) is 6.56. The maximum atomic E-state index is 12.8. The van der Waals surface area contributed by atoms with Gasteiger partial charge in [0.05, 0.1) is 37.2 Å². The number of esters is 1. The minimum Gasteiger partial charge on any atom is -0.464 e. The molecule has 0 unspecified atom stereocenters. The molecular formula is C23H30N4O4. The third kappa shape index (κ3) is 4.44. The number of methoxy groups -OCH3 is 1. The zero-order valence-electron chi connectivity index (χ0n) is 18.1. The van der Waals surface area contributed by atoms with Gasteiger partial charge in [-0.3, -0.25) is 4.79 Å². The summed E-state index contributed by atoms with van der Waals surface area (Å²) in [5.41, 5.74) is 2.28. The number of nitrogens with one attached hydrogen (secondary N) is 2. The fraction of sp³-hybridized carbons (Fsp3) is 0.522. The van der Waals surface area contributed by atoms with Crippen molar-refractivity contribution in [3.63, 3.8) is 0 Å². The topological polar surface area (TPSA) is 94.5 Å². The molecule has 0 radical (unpaired) electrons. The molecule has 0 bridgehead atoms. The summed E-state index contributed by atoms with van der Waals surface area (Å²) in [5.74, 6) is -0.279. The number of ether oxygens (including phenoxy) is 2. The normalized spacial score (nSPS) is 20.7. The molecular weight excluding hydrogens is 396 g/mol. The third-order valence-electron chi connectivity index (χ3n) is 6.11. The van der Waals surface area contributed by atoms with Gasteiger partial charge in [0.2, 0.25) is 5.91 Å². The first-order valence-electron chi connectivity index (χ1n) is 11.0. The minimum absolute atomic E-state index is 0.148. The number of pyridine rings is 1. The van der Waals surface area contributed by atoms with E-state index in [-0.39, 0.29) is 11.8 Å². The van der Waals surface area contributed by atoms with Crippen molar-refractivity contribution in [1.82, 2.24) is 9.55 Å². The van der Waals surface area contributed by atoms with Crippen LogP contribution in [0.3, 0.4) is 0 Å². The molecule has 2 atom stereocenters. The van der Waals surface area contributed by atoms with E-state index in [1.54, 1.807) is 10.8 Å². The van der Waals surface area contributed by atoms with Crippen molar-refractivity contribution in [2.45, 2.75) is 39.2 Å². The van der Waals surface area contributed by atoms with E-state index in [0.717, 1.165) is 30.5 Å². The zero-order chi connectivity index (χ0) is 21.8. The SMILES string of the molecule is CCn1c(C(=O)OC)c(NC(=O)[C@H]2CCOC2)c2cc(NC[C@H]3CC=CCC3)cnc21. The smallest absolute Gasteiger partial charge is 0.356 e. The number of carbonyl (C=O) groups is 2. The molecule has 2 N–H and O–H groups in total. The van der Waals surface area contributed by atoms with E-state index in [2.05, 4.69) is 27.8 Å². The van der Waals surface area contributed by atoms with Gasteiger partial charge < -0.3 is 24.7 Å². The number of amides is 1. The summed E-state index contributed by atoms with van der Waals surface area (Å²) in [6.45, 7) is 4.29. The average Bonchev–Trinajstić information content (AvgIpc) is 3.44. The molecule has 1 aliphatic heterocycles. The Balaban J connectivity index is 1.68. The van der Waals surface area contributed by atoms with Crippen LogP contribution in [0.1, 0.15) is 43.1 Å². The van der Waals surface area contributed by atoms with Gasteiger partial charge in [0.25, 0.3) is 0 Å². The highest BCUT2D eigenvalue weighted by atomic mass is 16.5. The molecule has 166 valence electrons. The Morgan fingerprint density at radius 1 is 1.32 bits per heavy atom. The highest BCUT2D eigenvalue weighted by molar-refractivity contribution is 6.11. The lowest BCUT2D eigenvalue weighted by atomic mass is 9.94. The van der Waals surface area contributed by atoms with Crippen LogP contribution >= 0.6 is 0 Å². The van der Waals surface area contributed by atoms with Gasteiger partial charge >= 0.3 is 5.97 Å². The number of carbonyl (C=O) groups excluding carboxylic acids is 2. The summed E-state index contributed by atoms with van der Waals surface area (Å²) >= 11 is 0. The van der Waals surface area contributed by atoms with E-state index < -0.39 is 5.97 Å². The lowest BCUT2D eigenvalue weighted by molar-refractivity contribution is -0.119. The van der Waals surface area contributed by atoms with Crippen LogP contribution < -0.4 is 10.6 Å². The molecule has 31 heavy (non-hydrogen) atoms. The van der Waals surface area contributed by atoms with Crippen molar-refractivity contribution in [2.75, 3.05) is 37.5 Å². The molecule has 2 aromatic heterocycles. The van der Waals surface area contributed by atoms with E-state index in [9.17, 15) is 9.59 Å². The Hall–Kier alpha value is -2.87. The number of anilines is 2. The second-order valence-corrected chi connectivity index (χ2v) is 8.14. The number of nitrogens with zero attached hydrogens (tertiary/aromatic N) is 2. The van der Waals surface area contributed by atoms with E-state index in [1.165, 1.54) is 13.5 Å². The van der Waals surface area contributed by atoms with Gasteiger partial charge in [-0.2, -0.15) is 0 Å². The average molecular weight is 427 g/mol. The Bertz CT molecular complexity index is 991. The molecule has 0 saturated carbocycles. The molecule has 1 aliphatic carbocycles. The third-order valence-corrected chi connectivity index (χ3v) is 6.11. The fourth-order valence-electron chi connectivity index (χ4n) is 4.34. The standard InChI is InChI=1S/C23H30N4O4/c1-3-27-20(23(29)30-2)19(26-22(28)16-9-10-31-14-16)18-11-17(13-25-21(18)27)24-12-15-7-5-4-6-8-15/h4-5,11,13,15-16,24H,3,6-10,12,14H2,1-2H3,(H,26,28)/t15-,16-/m0/s1. The number of fused-ring (bicyclic) bond motifs is 1. The van der Waals surface area contributed by atoms with Crippen LogP contribution in [0.2, 0.25) is 0 Å². The molecule has 1 fully saturated rings. The molecule has 2 aliphatic rings. The maximum absolute atomic E-state index is 12.8. The molecule has 3 heterocycles. The number of hydrogen-bond donors (Lipinski definition) is 2. The van der Waals surface area contributed by atoms with Crippen LogP contribution in [0.4, 0.5) is 11.4 Å². The Morgan fingerprint density at radius 2 is 2.19 bits per heavy atom. The molecule has 8 nitrogen and oxygen atoms in total. The van der Waals surface area contributed by atoms with Gasteiger partial charge in [-0.05, 0) is 44.6 Å². The predicted molar refractivity (Wildman–Crippen MR) is 119 cm³/mol. The number of rotatable bonds is 7. The van der Waals surface area contributed by atoms with Gasteiger partial charge in [-0.1, -0.05) is 12.2 Å². The van der Waals surface area contributed by atoms with Crippen molar-refractivity contribution >= 4 is 34.3 Å². The first-order valence-corrected chi connectivity index (χ1v) is 11.0. The summed E-state index contributed by atoms with van der Waals surface area (Å²) in [5, 5.41) is 7.18. The molecule has 1 saturated heterocycles. The van der Waals surface area contributed by atoms with Crippen molar-refractivity contribution in [2.24, 2.45) is 11.8 Å². The lowest BCUT2D eigenvalue weighted by Crippen LogP contribution is -2.24. The largest absolute Gasteiger partial charge is 0.464 e. The van der Waals surface area contributed by atoms with Crippen LogP contribution in [0.25, 0.3) is 11.0 Å². The van der Waals surface area contributed by atoms with E-state index in [4.69, 9.17) is 9.47 Å². The van der Waals surface area contributed by atoms with Gasteiger partial charge in [-0.15, -0.1) is 0 Å². The molecule has 1 amide bonds. The van der Waals surface area contributed by atoms with Crippen LogP contribution in [0, 0.1) is 11.8 Å². The van der Waals surface area contributed by atoms with E-state index >= 15 is 0 Å². The van der Waals surface area contributed by atoms with Crippen molar-refractivity contribution in [1.29, 1.82) is 0 Å². The van der Waals surface area contributed by atoms with Crippen molar-refractivity contribution < 1.29 is 19.1 Å². The molecule has 4 rings (SSSR count). The summed E-state index contributed by atoms with van der Waals surface area (Å²) in [4.78, 5) is 30.1. The predicted octanol–water partition coefficient (Wildman–Crippen LogP) is 3.59. The van der Waals surface area contributed by atoms with Crippen LogP contribution in [0.15, 0.2) is 24.4 Å². The monoisotopic (exact) mass is 426 g/mol. The zero-order valence-corrected chi connectivity index (χ0v) is 18.1. The van der Waals surface area contributed by atoms with Crippen LogP contribution in [-0.2, 0) is 20.8 Å². The van der Waals surface area contributed by atoms with Gasteiger partial charge in [0, 0.05) is 25.1 Å². The second kappa shape index (κ2) is 9.51. The maximum Gasteiger partial charge on any atom is 0.356 e. The number of hydrogen-bond acceptors (Lipinski definition) is 6. The van der Waals surface area contributed by atoms with Crippen molar-refractivity contribution in [3.05, 3.63) is 30.1 Å². The van der Waals surface area contributed by atoms with Gasteiger partial charge in [-0.25, -0.2) is 9.78 Å². The molecule has 8 heteroatoms. The number of aryl methyl sites for hydroxylation is 1. The molecule has 2 aromatic rings. The molecule has 0 aromatic carbocycles. The van der Waals surface area contributed by atoms with Gasteiger partial charge in [0.15, 0.2) is 5.69 Å². The highest BCUT2D eigenvalue weighted by Crippen LogP contribution is 2.33.